The molecule has 0 aliphatic carbocycles. The summed E-state index contributed by atoms with van der Waals surface area (Å²) in [6, 6.07) is 17.9. The predicted molar refractivity (Wildman–Crippen MR) is 126 cm³/mol. The molecule has 4 rings (SSSR count). The SMILES string of the molecule is CN(C(=O)CN1CCN(c2ccccc2O)CC1)c1ccccc1C(=O)NCc1ccco1. The van der Waals surface area contributed by atoms with Gasteiger partial charge < -0.3 is 24.6 Å². The molecule has 33 heavy (non-hydrogen) atoms. The van der Waals surface area contributed by atoms with Crippen LogP contribution in [0.1, 0.15) is 16.1 Å². The smallest absolute Gasteiger partial charge is 0.253 e. The first kappa shape index (κ1) is 22.4. The fourth-order valence-electron chi connectivity index (χ4n) is 3.94. The number of nitrogens with one attached hydrogen (secondary N) is 1. The Bertz CT molecular complexity index is 1090. The van der Waals surface area contributed by atoms with Crippen LogP contribution in [0.2, 0.25) is 0 Å². The Morgan fingerprint density at radius 3 is 2.45 bits per heavy atom. The molecule has 172 valence electrons. The number of rotatable bonds is 7. The van der Waals surface area contributed by atoms with Gasteiger partial charge in [-0.3, -0.25) is 14.5 Å². The standard InChI is InChI=1S/C25H28N4O4/c1-27(21-9-3-2-8-20(21)25(32)26-17-19-7-6-16-33-19)24(31)18-28-12-14-29(15-13-28)22-10-4-5-11-23(22)30/h2-11,16,30H,12-15,17-18H2,1H3,(H,26,32). The molecule has 8 heteroatoms. The predicted octanol–water partition coefficient (Wildman–Crippen LogP) is 2.70. The minimum absolute atomic E-state index is 0.0858. The molecule has 1 fully saturated rings. The van der Waals surface area contributed by atoms with Crippen molar-refractivity contribution in [1.29, 1.82) is 0 Å². The van der Waals surface area contributed by atoms with Crippen molar-refractivity contribution >= 4 is 23.2 Å². The lowest BCUT2D eigenvalue weighted by atomic mass is 10.1. The number of furan rings is 1. The third kappa shape index (κ3) is 5.35. The van der Waals surface area contributed by atoms with Gasteiger partial charge in [0.05, 0.1) is 36.3 Å². The van der Waals surface area contributed by atoms with E-state index in [1.165, 1.54) is 4.90 Å². The van der Waals surface area contributed by atoms with Crippen LogP contribution in [0.5, 0.6) is 5.75 Å². The highest BCUT2D eigenvalue weighted by molar-refractivity contribution is 6.05. The molecule has 1 aliphatic heterocycles. The summed E-state index contributed by atoms with van der Waals surface area (Å²) in [5, 5.41) is 12.9. The number of anilines is 2. The van der Waals surface area contributed by atoms with Gasteiger partial charge in [-0.2, -0.15) is 0 Å². The minimum atomic E-state index is -0.266. The maximum absolute atomic E-state index is 13.0. The van der Waals surface area contributed by atoms with Crippen molar-refractivity contribution in [2.24, 2.45) is 0 Å². The van der Waals surface area contributed by atoms with Crippen LogP contribution in [-0.2, 0) is 11.3 Å². The van der Waals surface area contributed by atoms with Crippen molar-refractivity contribution < 1.29 is 19.1 Å². The largest absolute Gasteiger partial charge is 0.506 e. The molecule has 1 saturated heterocycles. The molecule has 0 bridgehead atoms. The highest BCUT2D eigenvalue weighted by Crippen LogP contribution is 2.27. The van der Waals surface area contributed by atoms with Gasteiger partial charge in [-0.25, -0.2) is 0 Å². The van der Waals surface area contributed by atoms with E-state index < -0.39 is 0 Å². The summed E-state index contributed by atoms with van der Waals surface area (Å²) in [5.74, 6) is 0.576. The Hall–Kier alpha value is -3.78. The number of likely N-dealkylation sites (N-methyl/N-ethyl adjacent to an activating group) is 1. The lowest BCUT2D eigenvalue weighted by molar-refractivity contribution is -0.119. The van der Waals surface area contributed by atoms with Crippen LogP contribution in [0.3, 0.4) is 0 Å². The number of hydrogen-bond donors (Lipinski definition) is 2. The number of hydrogen-bond acceptors (Lipinski definition) is 6. The molecule has 0 radical (unpaired) electrons. The van der Waals surface area contributed by atoms with Crippen molar-refractivity contribution in [2.75, 3.05) is 49.6 Å². The van der Waals surface area contributed by atoms with Crippen LogP contribution < -0.4 is 15.1 Å². The van der Waals surface area contributed by atoms with E-state index in [0.717, 1.165) is 18.8 Å². The number of phenolic OH excluding ortho intramolecular Hbond substituents is 1. The van der Waals surface area contributed by atoms with Crippen LogP contribution >= 0.6 is 0 Å². The lowest BCUT2D eigenvalue weighted by Crippen LogP contribution is -2.50. The van der Waals surface area contributed by atoms with Crippen molar-refractivity contribution in [2.45, 2.75) is 6.54 Å². The highest BCUT2D eigenvalue weighted by atomic mass is 16.3. The van der Waals surface area contributed by atoms with Crippen LogP contribution in [0, 0.1) is 0 Å². The summed E-state index contributed by atoms with van der Waals surface area (Å²) in [7, 11) is 1.69. The van der Waals surface area contributed by atoms with Gasteiger partial charge >= 0.3 is 0 Å². The number of piperazine rings is 1. The molecule has 1 aliphatic rings. The topological polar surface area (TPSA) is 89.3 Å². The van der Waals surface area contributed by atoms with E-state index in [0.29, 0.717) is 30.1 Å². The number of para-hydroxylation sites is 3. The van der Waals surface area contributed by atoms with E-state index >= 15 is 0 Å². The quantitative estimate of drug-likeness (QED) is 0.578. The monoisotopic (exact) mass is 448 g/mol. The summed E-state index contributed by atoms with van der Waals surface area (Å²) >= 11 is 0. The van der Waals surface area contributed by atoms with Crippen LogP contribution in [-0.4, -0.2) is 61.6 Å². The second-order valence-electron chi connectivity index (χ2n) is 7.98. The maximum atomic E-state index is 13.0. The first-order chi connectivity index (χ1) is 16.0. The molecule has 2 heterocycles. The number of phenols is 1. The van der Waals surface area contributed by atoms with Crippen molar-refractivity contribution in [3.05, 3.63) is 78.3 Å². The Morgan fingerprint density at radius 2 is 1.73 bits per heavy atom. The second-order valence-corrected chi connectivity index (χ2v) is 7.98. The molecule has 3 aromatic rings. The van der Waals surface area contributed by atoms with Crippen molar-refractivity contribution in [3.63, 3.8) is 0 Å². The fraction of sp³-hybridized carbons (Fsp3) is 0.280. The van der Waals surface area contributed by atoms with E-state index in [1.807, 2.05) is 18.2 Å². The van der Waals surface area contributed by atoms with Gasteiger partial charge in [0.1, 0.15) is 11.5 Å². The van der Waals surface area contributed by atoms with E-state index in [4.69, 9.17) is 4.42 Å². The fourth-order valence-corrected chi connectivity index (χ4v) is 3.94. The number of carbonyl (C=O) groups excluding carboxylic acids is 2. The van der Waals surface area contributed by atoms with Gasteiger partial charge in [-0.05, 0) is 36.4 Å². The number of benzene rings is 2. The highest BCUT2D eigenvalue weighted by Gasteiger charge is 2.24. The zero-order valence-corrected chi connectivity index (χ0v) is 18.6. The Balaban J connectivity index is 1.35. The first-order valence-corrected chi connectivity index (χ1v) is 10.9. The first-order valence-electron chi connectivity index (χ1n) is 10.9. The lowest BCUT2D eigenvalue weighted by Gasteiger charge is -2.36. The number of nitrogens with zero attached hydrogens (tertiary/aromatic N) is 3. The Morgan fingerprint density at radius 1 is 1.00 bits per heavy atom. The zero-order chi connectivity index (χ0) is 23.2. The van der Waals surface area contributed by atoms with Gasteiger partial charge in [0.2, 0.25) is 5.91 Å². The van der Waals surface area contributed by atoms with E-state index in [1.54, 1.807) is 55.8 Å². The van der Waals surface area contributed by atoms with E-state index in [9.17, 15) is 14.7 Å². The molecular weight excluding hydrogens is 420 g/mol. The summed E-state index contributed by atoms with van der Waals surface area (Å²) in [6.07, 6.45) is 1.56. The van der Waals surface area contributed by atoms with E-state index in [2.05, 4.69) is 15.1 Å². The van der Waals surface area contributed by atoms with Crippen molar-refractivity contribution in [3.8, 4) is 5.75 Å². The van der Waals surface area contributed by atoms with Gasteiger partial charge in [0.15, 0.2) is 0 Å². The average molecular weight is 449 g/mol. The third-order valence-electron chi connectivity index (χ3n) is 5.84. The minimum Gasteiger partial charge on any atom is -0.506 e. The Kier molecular flexibility index (Phi) is 6.95. The number of aromatic hydroxyl groups is 1. The van der Waals surface area contributed by atoms with Crippen molar-refractivity contribution in [1.82, 2.24) is 10.2 Å². The van der Waals surface area contributed by atoms with E-state index in [-0.39, 0.29) is 30.7 Å². The molecule has 8 nitrogen and oxygen atoms in total. The van der Waals surface area contributed by atoms with Crippen LogP contribution in [0.15, 0.2) is 71.3 Å². The van der Waals surface area contributed by atoms with Gasteiger partial charge in [0.25, 0.3) is 5.91 Å². The molecular formula is C25H28N4O4. The summed E-state index contributed by atoms with van der Waals surface area (Å²) in [5.41, 5.74) is 1.81. The molecule has 0 unspecified atom stereocenters. The molecule has 1 aromatic heterocycles. The normalized spacial score (nSPS) is 14.2. The second kappa shape index (κ2) is 10.2. The molecule has 0 atom stereocenters. The molecule has 2 N–H and O–H groups in total. The molecule has 2 amide bonds. The average Bonchev–Trinajstić information content (AvgIpc) is 3.37. The van der Waals surface area contributed by atoms with Gasteiger partial charge in [-0.1, -0.05) is 24.3 Å². The number of carbonyl (C=O) groups is 2. The molecule has 0 spiro atoms. The third-order valence-corrected chi connectivity index (χ3v) is 5.84. The molecule has 2 aromatic carbocycles. The maximum Gasteiger partial charge on any atom is 0.253 e. The van der Waals surface area contributed by atoms with Gasteiger partial charge in [-0.15, -0.1) is 0 Å². The van der Waals surface area contributed by atoms with Crippen LogP contribution in [0.25, 0.3) is 0 Å². The Labute approximate surface area is 193 Å². The zero-order valence-electron chi connectivity index (χ0n) is 18.6. The molecule has 0 saturated carbocycles. The summed E-state index contributed by atoms with van der Waals surface area (Å²) in [4.78, 5) is 31.5. The number of amides is 2. The summed E-state index contributed by atoms with van der Waals surface area (Å²) < 4.78 is 5.26. The van der Waals surface area contributed by atoms with Gasteiger partial charge in [0, 0.05) is 33.2 Å². The summed E-state index contributed by atoms with van der Waals surface area (Å²) in [6.45, 7) is 3.39. The van der Waals surface area contributed by atoms with Crippen LogP contribution in [0.4, 0.5) is 11.4 Å².